The minimum atomic E-state index is -0.664. The summed E-state index contributed by atoms with van der Waals surface area (Å²) in [5, 5.41) is 10.4. The maximum atomic E-state index is 13.5. The van der Waals surface area contributed by atoms with Crippen LogP contribution in [0.15, 0.2) is 42.5 Å². The molecule has 1 atom stereocenters. The van der Waals surface area contributed by atoms with E-state index in [-0.39, 0.29) is 19.0 Å². The summed E-state index contributed by atoms with van der Waals surface area (Å²) in [5.74, 6) is -0.344. The summed E-state index contributed by atoms with van der Waals surface area (Å²) >= 11 is 6.15. The number of rotatable bonds is 5. The number of hydrogen-bond donors (Lipinski definition) is 2. The number of aryl methyl sites for hydroxylation is 1. The smallest absolute Gasteiger partial charge is 0.123 e. The highest BCUT2D eigenvalue weighted by molar-refractivity contribution is 6.31. The molecule has 0 aromatic heterocycles. The second-order valence-corrected chi connectivity index (χ2v) is 5.78. The first-order valence-electron chi connectivity index (χ1n) is 6.83. The Morgan fingerprint density at radius 3 is 2.57 bits per heavy atom. The number of aliphatic hydroxyl groups is 1. The largest absolute Gasteiger partial charge is 0.395 e. The lowest BCUT2D eigenvalue weighted by molar-refractivity contribution is 0.195. The molecule has 3 N–H and O–H groups in total. The van der Waals surface area contributed by atoms with Crippen LogP contribution < -0.4 is 5.73 Å². The third-order valence-corrected chi connectivity index (χ3v) is 4.32. The monoisotopic (exact) mass is 307 g/mol. The van der Waals surface area contributed by atoms with Gasteiger partial charge in [-0.25, -0.2) is 4.39 Å². The average Bonchev–Trinajstić information content (AvgIpc) is 2.49. The summed E-state index contributed by atoms with van der Waals surface area (Å²) in [5.41, 5.74) is 7.96. The number of halogens is 2. The Kier molecular flexibility index (Phi) is 4.99. The van der Waals surface area contributed by atoms with Gasteiger partial charge in [0.15, 0.2) is 0 Å². The Morgan fingerprint density at radius 1 is 1.24 bits per heavy atom. The molecule has 0 saturated carbocycles. The Hall–Kier alpha value is -1.42. The van der Waals surface area contributed by atoms with E-state index < -0.39 is 5.41 Å². The lowest BCUT2D eigenvalue weighted by Crippen LogP contribution is -2.41. The van der Waals surface area contributed by atoms with Gasteiger partial charge in [-0.1, -0.05) is 35.9 Å². The molecule has 2 nitrogen and oxygen atoms in total. The molecule has 0 spiro atoms. The van der Waals surface area contributed by atoms with Crippen LogP contribution in [0.1, 0.15) is 16.7 Å². The predicted molar refractivity (Wildman–Crippen MR) is 84.1 cm³/mol. The molecule has 21 heavy (non-hydrogen) atoms. The van der Waals surface area contributed by atoms with Gasteiger partial charge in [0.05, 0.1) is 6.61 Å². The Balaban J connectivity index is 2.48. The van der Waals surface area contributed by atoms with Crippen LogP contribution in [0.4, 0.5) is 4.39 Å². The summed E-state index contributed by atoms with van der Waals surface area (Å²) in [6, 6.07) is 12.0. The van der Waals surface area contributed by atoms with Gasteiger partial charge in [0.1, 0.15) is 5.82 Å². The van der Waals surface area contributed by atoms with Gasteiger partial charge in [-0.05, 0) is 48.2 Å². The topological polar surface area (TPSA) is 46.2 Å². The van der Waals surface area contributed by atoms with Gasteiger partial charge in [0.2, 0.25) is 0 Å². The standard InChI is InChI=1S/C17H19ClFNO/c1-12-4-2-3-5-15(12)17(10-20,11-21)9-13-8-14(19)6-7-16(13)18/h2-8,21H,9-11,20H2,1H3. The van der Waals surface area contributed by atoms with E-state index in [2.05, 4.69) is 0 Å². The molecule has 0 heterocycles. The molecule has 1 unspecified atom stereocenters. The predicted octanol–water partition coefficient (Wildman–Crippen LogP) is 3.22. The lowest BCUT2D eigenvalue weighted by atomic mass is 9.74. The van der Waals surface area contributed by atoms with Gasteiger partial charge in [-0.15, -0.1) is 0 Å². The highest BCUT2D eigenvalue weighted by Crippen LogP contribution is 2.32. The van der Waals surface area contributed by atoms with E-state index in [1.165, 1.54) is 18.2 Å². The van der Waals surface area contributed by atoms with Crippen molar-refractivity contribution in [2.45, 2.75) is 18.8 Å². The average molecular weight is 308 g/mol. The zero-order chi connectivity index (χ0) is 15.5. The first kappa shape index (κ1) is 16.0. The van der Waals surface area contributed by atoms with Crippen LogP contribution in [0.25, 0.3) is 0 Å². The first-order chi connectivity index (χ1) is 10.0. The van der Waals surface area contributed by atoms with E-state index >= 15 is 0 Å². The van der Waals surface area contributed by atoms with Crippen LogP contribution in [-0.2, 0) is 11.8 Å². The van der Waals surface area contributed by atoms with Crippen LogP contribution in [0.5, 0.6) is 0 Å². The molecule has 0 aliphatic carbocycles. The van der Waals surface area contributed by atoms with Gasteiger partial charge in [-0.3, -0.25) is 0 Å². The minimum Gasteiger partial charge on any atom is -0.395 e. The van der Waals surface area contributed by atoms with Gasteiger partial charge in [0.25, 0.3) is 0 Å². The molecule has 0 saturated heterocycles. The second kappa shape index (κ2) is 6.56. The van der Waals surface area contributed by atoms with E-state index in [0.717, 1.165) is 11.1 Å². The molecule has 0 amide bonds. The number of hydrogen-bond acceptors (Lipinski definition) is 2. The SMILES string of the molecule is Cc1ccccc1C(CN)(CO)Cc1cc(F)ccc1Cl. The molecule has 0 aliphatic heterocycles. The minimum absolute atomic E-state index is 0.124. The van der Waals surface area contributed by atoms with Crippen molar-refractivity contribution in [2.75, 3.05) is 13.2 Å². The summed E-state index contributed by atoms with van der Waals surface area (Å²) in [4.78, 5) is 0. The summed E-state index contributed by atoms with van der Waals surface area (Å²) < 4.78 is 13.5. The van der Waals surface area contributed by atoms with Crippen molar-refractivity contribution in [3.05, 3.63) is 70.0 Å². The van der Waals surface area contributed by atoms with Crippen molar-refractivity contribution in [3.8, 4) is 0 Å². The van der Waals surface area contributed by atoms with Crippen LogP contribution in [-0.4, -0.2) is 18.3 Å². The van der Waals surface area contributed by atoms with Gasteiger partial charge < -0.3 is 10.8 Å². The van der Waals surface area contributed by atoms with Crippen LogP contribution >= 0.6 is 11.6 Å². The molecule has 2 rings (SSSR count). The van der Waals surface area contributed by atoms with Gasteiger partial charge >= 0.3 is 0 Å². The Bertz CT molecular complexity index is 626. The second-order valence-electron chi connectivity index (χ2n) is 5.37. The quantitative estimate of drug-likeness (QED) is 0.891. The fourth-order valence-corrected chi connectivity index (χ4v) is 2.88. The van der Waals surface area contributed by atoms with Crippen molar-refractivity contribution < 1.29 is 9.50 Å². The molecule has 0 radical (unpaired) electrons. The summed E-state index contributed by atoms with van der Waals surface area (Å²) in [6.45, 7) is 2.10. The van der Waals surface area contributed by atoms with Crippen molar-refractivity contribution >= 4 is 11.6 Å². The Labute approximate surface area is 129 Å². The summed E-state index contributed by atoms with van der Waals surface area (Å²) in [6.07, 6.45) is 0.390. The molecule has 112 valence electrons. The van der Waals surface area contributed by atoms with Crippen LogP contribution in [0.2, 0.25) is 5.02 Å². The fraction of sp³-hybridized carbons (Fsp3) is 0.294. The fourth-order valence-electron chi connectivity index (χ4n) is 2.69. The highest BCUT2D eigenvalue weighted by Gasteiger charge is 2.32. The maximum absolute atomic E-state index is 13.5. The van der Waals surface area contributed by atoms with Crippen LogP contribution in [0.3, 0.4) is 0 Å². The van der Waals surface area contributed by atoms with Crippen molar-refractivity contribution in [2.24, 2.45) is 5.73 Å². The number of benzene rings is 2. The van der Waals surface area contributed by atoms with Crippen LogP contribution in [0, 0.1) is 12.7 Å². The van der Waals surface area contributed by atoms with E-state index in [1.54, 1.807) is 0 Å². The number of aliphatic hydroxyl groups excluding tert-OH is 1. The molecular formula is C17H19ClFNO. The molecular weight excluding hydrogens is 289 g/mol. The lowest BCUT2D eigenvalue weighted by Gasteiger charge is -2.33. The van der Waals surface area contributed by atoms with E-state index in [9.17, 15) is 9.50 Å². The number of nitrogens with two attached hydrogens (primary N) is 1. The van der Waals surface area contributed by atoms with Crippen molar-refractivity contribution in [3.63, 3.8) is 0 Å². The highest BCUT2D eigenvalue weighted by atomic mass is 35.5. The summed E-state index contributed by atoms with van der Waals surface area (Å²) in [7, 11) is 0. The molecule has 4 heteroatoms. The molecule has 0 aliphatic rings. The first-order valence-corrected chi connectivity index (χ1v) is 7.21. The van der Waals surface area contributed by atoms with Gasteiger partial charge in [-0.2, -0.15) is 0 Å². The van der Waals surface area contributed by atoms with E-state index in [4.69, 9.17) is 17.3 Å². The molecule has 2 aromatic carbocycles. The third kappa shape index (κ3) is 3.26. The van der Waals surface area contributed by atoms with Gasteiger partial charge in [0, 0.05) is 17.0 Å². The third-order valence-electron chi connectivity index (χ3n) is 3.95. The van der Waals surface area contributed by atoms with Crippen molar-refractivity contribution in [1.29, 1.82) is 0 Å². The molecule has 0 fully saturated rings. The normalized spacial score (nSPS) is 14.0. The Morgan fingerprint density at radius 2 is 1.95 bits per heavy atom. The van der Waals surface area contributed by atoms with Crippen molar-refractivity contribution in [1.82, 2.24) is 0 Å². The zero-order valence-electron chi connectivity index (χ0n) is 11.9. The van der Waals surface area contributed by atoms with E-state index in [1.807, 2.05) is 31.2 Å². The zero-order valence-corrected chi connectivity index (χ0v) is 12.7. The maximum Gasteiger partial charge on any atom is 0.123 e. The molecule has 2 aromatic rings. The molecule has 0 bridgehead atoms. The van der Waals surface area contributed by atoms with E-state index in [0.29, 0.717) is 17.0 Å².